The van der Waals surface area contributed by atoms with Gasteiger partial charge in [0.15, 0.2) is 0 Å². The standard InChI is InChI=1S/C23H24F3N3O/c24-23(25,26)19-14-16(10-11-21(19)29-12-6-2-1-3-7-13-29)27-15-18-17-8-4-5-9-20(17)28-22(18)30/h4-5,8-11,14-15,27H,1-3,6-7,12-13H2,(H,28,30). The molecule has 30 heavy (non-hydrogen) atoms. The molecule has 2 aromatic carbocycles. The number of para-hydroxylation sites is 1. The monoisotopic (exact) mass is 415 g/mol. The van der Waals surface area contributed by atoms with Gasteiger partial charge in [-0.3, -0.25) is 4.79 Å². The molecular weight excluding hydrogens is 391 g/mol. The van der Waals surface area contributed by atoms with Crippen molar-refractivity contribution in [2.24, 2.45) is 0 Å². The molecule has 2 aliphatic rings. The minimum absolute atomic E-state index is 0.228. The molecule has 0 radical (unpaired) electrons. The van der Waals surface area contributed by atoms with Crippen LogP contribution in [0, 0.1) is 0 Å². The maximum atomic E-state index is 13.8. The number of halogens is 3. The topological polar surface area (TPSA) is 44.4 Å². The van der Waals surface area contributed by atoms with Crippen LogP contribution in [0.3, 0.4) is 0 Å². The third-order valence-electron chi connectivity index (χ3n) is 5.59. The first-order chi connectivity index (χ1) is 14.4. The number of benzene rings is 2. The highest BCUT2D eigenvalue weighted by molar-refractivity contribution is 6.31. The summed E-state index contributed by atoms with van der Waals surface area (Å²) in [5.74, 6) is -0.281. The van der Waals surface area contributed by atoms with Gasteiger partial charge in [-0.05, 0) is 37.1 Å². The normalized spacial score (nSPS) is 18.6. The van der Waals surface area contributed by atoms with E-state index in [1.54, 1.807) is 18.2 Å². The summed E-state index contributed by atoms with van der Waals surface area (Å²) in [6.45, 7) is 1.27. The average Bonchev–Trinajstić information content (AvgIpc) is 3.00. The van der Waals surface area contributed by atoms with Gasteiger partial charge in [0.25, 0.3) is 5.91 Å². The van der Waals surface area contributed by atoms with Crippen molar-refractivity contribution in [3.63, 3.8) is 0 Å². The Morgan fingerprint density at radius 1 is 0.967 bits per heavy atom. The smallest absolute Gasteiger partial charge is 0.371 e. The quantitative estimate of drug-likeness (QED) is 0.615. The van der Waals surface area contributed by atoms with Crippen molar-refractivity contribution in [3.05, 3.63) is 59.8 Å². The van der Waals surface area contributed by atoms with E-state index in [1.165, 1.54) is 12.3 Å². The summed E-state index contributed by atoms with van der Waals surface area (Å²) < 4.78 is 41.5. The summed E-state index contributed by atoms with van der Waals surface area (Å²) in [4.78, 5) is 14.0. The third-order valence-corrected chi connectivity index (χ3v) is 5.59. The van der Waals surface area contributed by atoms with Gasteiger partial charge in [-0.1, -0.05) is 37.5 Å². The largest absolute Gasteiger partial charge is 0.418 e. The van der Waals surface area contributed by atoms with Crippen LogP contribution in [-0.4, -0.2) is 19.0 Å². The van der Waals surface area contributed by atoms with E-state index in [0.717, 1.165) is 43.7 Å². The number of nitrogens with one attached hydrogen (secondary N) is 2. The predicted molar refractivity (Wildman–Crippen MR) is 113 cm³/mol. The number of amides is 1. The van der Waals surface area contributed by atoms with Crippen LogP contribution >= 0.6 is 0 Å². The van der Waals surface area contributed by atoms with Crippen molar-refractivity contribution in [1.29, 1.82) is 0 Å². The van der Waals surface area contributed by atoms with Crippen LogP contribution in [0.2, 0.25) is 0 Å². The van der Waals surface area contributed by atoms with E-state index in [0.29, 0.717) is 30.0 Å². The average molecular weight is 415 g/mol. The Morgan fingerprint density at radius 2 is 1.67 bits per heavy atom. The van der Waals surface area contributed by atoms with Gasteiger partial charge in [0, 0.05) is 41.9 Å². The van der Waals surface area contributed by atoms with Crippen molar-refractivity contribution in [1.82, 2.24) is 0 Å². The molecule has 2 N–H and O–H groups in total. The number of alkyl halides is 3. The predicted octanol–water partition coefficient (Wildman–Crippen LogP) is 5.88. The van der Waals surface area contributed by atoms with Crippen molar-refractivity contribution in [2.75, 3.05) is 28.6 Å². The summed E-state index contributed by atoms with van der Waals surface area (Å²) in [6, 6.07) is 11.5. The molecule has 1 fully saturated rings. The molecule has 0 bridgehead atoms. The zero-order chi connectivity index (χ0) is 21.1. The lowest BCUT2D eigenvalue weighted by atomic mass is 10.1. The molecule has 2 aliphatic heterocycles. The molecule has 1 saturated heterocycles. The Kier molecular flexibility index (Phi) is 5.70. The molecule has 0 saturated carbocycles. The molecule has 4 nitrogen and oxygen atoms in total. The Labute approximate surface area is 173 Å². The van der Waals surface area contributed by atoms with Gasteiger partial charge < -0.3 is 15.5 Å². The first-order valence-electron chi connectivity index (χ1n) is 10.3. The van der Waals surface area contributed by atoms with Gasteiger partial charge in [0.1, 0.15) is 0 Å². The van der Waals surface area contributed by atoms with Gasteiger partial charge in [0.05, 0.1) is 11.1 Å². The molecule has 0 atom stereocenters. The number of hydrogen-bond acceptors (Lipinski definition) is 3. The fourth-order valence-corrected chi connectivity index (χ4v) is 4.05. The van der Waals surface area contributed by atoms with E-state index in [4.69, 9.17) is 0 Å². The lowest BCUT2D eigenvalue weighted by Crippen LogP contribution is -2.29. The van der Waals surface area contributed by atoms with E-state index in [1.807, 2.05) is 17.0 Å². The second kappa shape index (κ2) is 8.42. The number of fused-ring (bicyclic) bond motifs is 1. The Bertz CT molecular complexity index is 960. The molecule has 0 unspecified atom stereocenters. The summed E-state index contributed by atoms with van der Waals surface area (Å²) in [6.07, 6.45) is 2.06. The van der Waals surface area contributed by atoms with Gasteiger partial charge in [-0.15, -0.1) is 0 Å². The minimum Gasteiger partial charge on any atom is -0.371 e. The first-order valence-corrected chi connectivity index (χ1v) is 10.3. The fraction of sp³-hybridized carbons (Fsp3) is 0.348. The van der Waals surface area contributed by atoms with Gasteiger partial charge in [-0.2, -0.15) is 13.2 Å². The fourth-order valence-electron chi connectivity index (χ4n) is 4.05. The molecule has 158 valence electrons. The van der Waals surface area contributed by atoms with Crippen LogP contribution in [0.5, 0.6) is 0 Å². The van der Waals surface area contributed by atoms with E-state index in [-0.39, 0.29) is 11.6 Å². The van der Waals surface area contributed by atoms with Gasteiger partial charge in [0.2, 0.25) is 0 Å². The van der Waals surface area contributed by atoms with E-state index in [9.17, 15) is 18.0 Å². The molecule has 0 aliphatic carbocycles. The zero-order valence-electron chi connectivity index (χ0n) is 16.6. The number of hydrogen-bond donors (Lipinski definition) is 2. The molecule has 1 amide bonds. The molecule has 2 heterocycles. The molecule has 4 rings (SSSR count). The van der Waals surface area contributed by atoms with Gasteiger partial charge >= 0.3 is 6.18 Å². The number of carbonyl (C=O) groups is 1. The second-order valence-electron chi connectivity index (χ2n) is 7.69. The first kappa shape index (κ1) is 20.3. The number of carbonyl (C=O) groups excluding carboxylic acids is 1. The minimum atomic E-state index is -4.46. The van der Waals surface area contributed by atoms with Crippen molar-refractivity contribution in [2.45, 2.75) is 38.3 Å². The molecule has 0 spiro atoms. The zero-order valence-corrected chi connectivity index (χ0v) is 16.6. The molecule has 0 aromatic heterocycles. The number of anilines is 3. The Hall–Kier alpha value is -2.96. The Morgan fingerprint density at radius 3 is 2.40 bits per heavy atom. The number of nitrogens with zero attached hydrogens (tertiary/aromatic N) is 1. The van der Waals surface area contributed by atoms with Crippen molar-refractivity contribution < 1.29 is 18.0 Å². The van der Waals surface area contributed by atoms with Crippen molar-refractivity contribution >= 4 is 28.5 Å². The third kappa shape index (κ3) is 4.30. The summed E-state index contributed by atoms with van der Waals surface area (Å²) >= 11 is 0. The lowest BCUT2D eigenvalue weighted by molar-refractivity contribution is -0.137. The highest BCUT2D eigenvalue weighted by Crippen LogP contribution is 2.39. The van der Waals surface area contributed by atoms with E-state index >= 15 is 0 Å². The van der Waals surface area contributed by atoms with Crippen LogP contribution in [0.25, 0.3) is 5.57 Å². The summed E-state index contributed by atoms with van der Waals surface area (Å²) in [5.41, 5.74) is 1.69. The highest BCUT2D eigenvalue weighted by atomic mass is 19.4. The maximum absolute atomic E-state index is 13.8. The SMILES string of the molecule is O=C1Nc2ccccc2C1=CNc1ccc(N2CCCCCCC2)c(C(F)(F)F)c1. The van der Waals surface area contributed by atoms with Crippen LogP contribution in [0.4, 0.5) is 30.2 Å². The van der Waals surface area contributed by atoms with Crippen molar-refractivity contribution in [3.8, 4) is 0 Å². The number of rotatable bonds is 3. The van der Waals surface area contributed by atoms with Crippen LogP contribution in [0.1, 0.15) is 43.2 Å². The van der Waals surface area contributed by atoms with Crippen LogP contribution in [-0.2, 0) is 11.0 Å². The highest BCUT2D eigenvalue weighted by Gasteiger charge is 2.35. The molecule has 7 heteroatoms. The Balaban J connectivity index is 1.61. The van der Waals surface area contributed by atoms with E-state index < -0.39 is 11.7 Å². The van der Waals surface area contributed by atoms with Crippen LogP contribution < -0.4 is 15.5 Å². The second-order valence-corrected chi connectivity index (χ2v) is 7.69. The van der Waals surface area contributed by atoms with Crippen LogP contribution in [0.15, 0.2) is 48.7 Å². The lowest BCUT2D eigenvalue weighted by Gasteiger charge is -2.29. The molecule has 2 aromatic rings. The summed E-state index contributed by atoms with van der Waals surface area (Å²) in [7, 11) is 0. The summed E-state index contributed by atoms with van der Waals surface area (Å²) in [5, 5.41) is 5.63. The maximum Gasteiger partial charge on any atom is 0.418 e. The molecular formula is C23H24F3N3O. The van der Waals surface area contributed by atoms with E-state index in [2.05, 4.69) is 10.6 Å². The van der Waals surface area contributed by atoms with Gasteiger partial charge in [-0.25, -0.2) is 0 Å².